The molecule has 1 aromatic carbocycles. The minimum absolute atomic E-state index is 0.366. The number of ether oxygens (including phenoxy) is 2. The highest BCUT2D eigenvalue weighted by molar-refractivity contribution is 5.43. The fourth-order valence-electron chi connectivity index (χ4n) is 1.10. The standard InChI is InChI=1S/C11H11NO2/c1-3-14-10-5-4-9(6-7-12)8-11(10)13-2/h3-5,8H,1,6H2,2H3. The lowest BCUT2D eigenvalue weighted by Gasteiger charge is -2.07. The second kappa shape index (κ2) is 4.93. The van der Waals surface area contributed by atoms with Gasteiger partial charge in [0, 0.05) is 0 Å². The molecular formula is C11H11NO2. The molecule has 0 bridgehead atoms. The number of methoxy groups -OCH3 is 1. The van der Waals surface area contributed by atoms with Crippen LogP contribution in [0.1, 0.15) is 5.56 Å². The van der Waals surface area contributed by atoms with Crippen molar-refractivity contribution in [2.75, 3.05) is 7.11 Å². The number of hydrogen-bond acceptors (Lipinski definition) is 3. The van der Waals surface area contributed by atoms with Gasteiger partial charge in [0.05, 0.1) is 25.9 Å². The van der Waals surface area contributed by atoms with Gasteiger partial charge in [0.2, 0.25) is 0 Å². The van der Waals surface area contributed by atoms with E-state index < -0.39 is 0 Å². The van der Waals surface area contributed by atoms with Gasteiger partial charge in [0.15, 0.2) is 11.5 Å². The van der Waals surface area contributed by atoms with Gasteiger partial charge in [-0.2, -0.15) is 5.26 Å². The number of hydrogen-bond donors (Lipinski definition) is 0. The molecule has 14 heavy (non-hydrogen) atoms. The Morgan fingerprint density at radius 3 is 2.86 bits per heavy atom. The largest absolute Gasteiger partial charge is 0.493 e. The molecule has 0 aromatic heterocycles. The van der Waals surface area contributed by atoms with Crippen LogP contribution in [0, 0.1) is 11.3 Å². The number of rotatable bonds is 4. The van der Waals surface area contributed by atoms with Gasteiger partial charge < -0.3 is 9.47 Å². The normalized spacial score (nSPS) is 8.86. The summed E-state index contributed by atoms with van der Waals surface area (Å²) >= 11 is 0. The minimum Gasteiger partial charge on any atom is -0.493 e. The minimum atomic E-state index is 0.366. The maximum atomic E-state index is 8.52. The third-order valence-corrected chi connectivity index (χ3v) is 1.72. The quantitative estimate of drug-likeness (QED) is 0.682. The van der Waals surface area contributed by atoms with Gasteiger partial charge in [-0.3, -0.25) is 0 Å². The first-order valence-electron chi connectivity index (χ1n) is 4.13. The zero-order valence-electron chi connectivity index (χ0n) is 7.99. The molecule has 1 rings (SSSR count). The molecule has 0 saturated carbocycles. The molecule has 0 aliphatic heterocycles. The summed E-state index contributed by atoms with van der Waals surface area (Å²) in [5, 5.41) is 8.52. The smallest absolute Gasteiger partial charge is 0.168 e. The van der Waals surface area contributed by atoms with Crippen LogP contribution in [0.2, 0.25) is 0 Å². The summed E-state index contributed by atoms with van der Waals surface area (Å²) in [5.74, 6) is 1.21. The van der Waals surface area contributed by atoms with E-state index >= 15 is 0 Å². The van der Waals surface area contributed by atoms with Gasteiger partial charge in [0.25, 0.3) is 0 Å². The molecule has 0 fully saturated rings. The molecule has 0 atom stereocenters. The van der Waals surface area contributed by atoms with Crippen molar-refractivity contribution in [3.05, 3.63) is 36.6 Å². The van der Waals surface area contributed by atoms with Gasteiger partial charge in [0.1, 0.15) is 0 Å². The monoisotopic (exact) mass is 189 g/mol. The summed E-state index contributed by atoms with van der Waals surface area (Å²) in [6.45, 7) is 3.46. The van der Waals surface area contributed by atoms with Crippen molar-refractivity contribution < 1.29 is 9.47 Å². The van der Waals surface area contributed by atoms with Gasteiger partial charge in [-0.15, -0.1) is 0 Å². The molecule has 0 radical (unpaired) electrons. The van der Waals surface area contributed by atoms with Crippen LogP contribution in [0.4, 0.5) is 0 Å². The Morgan fingerprint density at radius 1 is 1.50 bits per heavy atom. The van der Waals surface area contributed by atoms with Crippen LogP contribution >= 0.6 is 0 Å². The fourth-order valence-corrected chi connectivity index (χ4v) is 1.10. The van der Waals surface area contributed by atoms with Crippen molar-refractivity contribution >= 4 is 0 Å². The second-order valence-corrected chi connectivity index (χ2v) is 2.60. The Balaban J connectivity index is 2.99. The summed E-state index contributed by atoms with van der Waals surface area (Å²) in [6, 6.07) is 7.43. The molecule has 0 aliphatic rings. The molecule has 3 heteroatoms. The van der Waals surface area contributed by atoms with E-state index in [4.69, 9.17) is 14.7 Å². The van der Waals surface area contributed by atoms with E-state index in [1.54, 1.807) is 19.2 Å². The second-order valence-electron chi connectivity index (χ2n) is 2.60. The first kappa shape index (κ1) is 10.1. The van der Waals surface area contributed by atoms with Crippen LogP contribution in [0.5, 0.6) is 11.5 Å². The van der Waals surface area contributed by atoms with Crippen LogP contribution in [0.3, 0.4) is 0 Å². The molecular weight excluding hydrogens is 178 g/mol. The molecule has 0 spiro atoms. The molecule has 0 saturated heterocycles. The van der Waals surface area contributed by atoms with Crippen LogP contribution in [0.15, 0.2) is 31.0 Å². The molecule has 0 amide bonds. The Kier molecular flexibility index (Phi) is 3.57. The molecule has 0 heterocycles. The number of nitriles is 1. The van der Waals surface area contributed by atoms with Crippen LogP contribution in [-0.4, -0.2) is 7.11 Å². The topological polar surface area (TPSA) is 42.2 Å². The highest BCUT2D eigenvalue weighted by Gasteiger charge is 2.04. The SMILES string of the molecule is C=COc1ccc(CC#N)cc1OC. The third kappa shape index (κ3) is 2.27. The first-order chi connectivity index (χ1) is 6.81. The lowest BCUT2D eigenvalue weighted by Crippen LogP contribution is -1.91. The third-order valence-electron chi connectivity index (χ3n) is 1.72. The highest BCUT2D eigenvalue weighted by atomic mass is 16.5. The summed E-state index contributed by atoms with van der Waals surface area (Å²) in [6.07, 6.45) is 1.70. The van der Waals surface area contributed by atoms with Crippen LogP contribution in [0.25, 0.3) is 0 Å². The number of benzene rings is 1. The van der Waals surface area contributed by atoms with Crippen molar-refractivity contribution in [1.82, 2.24) is 0 Å². The Bertz CT molecular complexity index is 366. The molecule has 1 aromatic rings. The van der Waals surface area contributed by atoms with Crippen LogP contribution < -0.4 is 9.47 Å². The lowest BCUT2D eigenvalue weighted by atomic mass is 10.1. The van der Waals surface area contributed by atoms with Gasteiger partial charge in [-0.05, 0) is 17.7 Å². The van der Waals surface area contributed by atoms with Crippen molar-refractivity contribution in [1.29, 1.82) is 5.26 Å². The predicted molar refractivity (Wildman–Crippen MR) is 53.1 cm³/mol. The average Bonchev–Trinajstić information content (AvgIpc) is 2.21. The maximum absolute atomic E-state index is 8.52. The Hall–Kier alpha value is -1.95. The fraction of sp³-hybridized carbons (Fsp3) is 0.182. The Morgan fingerprint density at radius 2 is 2.29 bits per heavy atom. The summed E-state index contributed by atoms with van der Waals surface area (Å²) in [4.78, 5) is 0. The lowest BCUT2D eigenvalue weighted by molar-refractivity contribution is 0.378. The van der Waals surface area contributed by atoms with E-state index in [9.17, 15) is 0 Å². The zero-order chi connectivity index (χ0) is 10.4. The summed E-state index contributed by atoms with van der Waals surface area (Å²) < 4.78 is 10.2. The summed E-state index contributed by atoms with van der Waals surface area (Å²) in [5.41, 5.74) is 0.903. The van der Waals surface area contributed by atoms with E-state index in [0.717, 1.165) is 5.56 Å². The van der Waals surface area contributed by atoms with Gasteiger partial charge in [-0.1, -0.05) is 12.6 Å². The zero-order valence-corrected chi connectivity index (χ0v) is 7.99. The van der Waals surface area contributed by atoms with E-state index in [-0.39, 0.29) is 0 Å². The van der Waals surface area contributed by atoms with Crippen LogP contribution in [-0.2, 0) is 6.42 Å². The van der Waals surface area contributed by atoms with Crippen molar-refractivity contribution in [3.63, 3.8) is 0 Å². The molecule has 3 nitrogen and oxygen atoms in total. The molecule has 72 valence electrons. The predicted octanol–water partition coefficient (Wildman–Crippen LogP) is 2.28. The highest BCUT2D eigenvalue weighted by Crippen LogP contribution is 2.28. The van der Waals surface area contributed by atoms with E-state index in [1.807, 2.05) is 6.07 Å². The Labute approximate surface area is 83.2 Å². The summed E-state index contributed by atoms with van der Waals surface area (Å²) in [7, 11) is 1.56. The van der Waals surface area contributed by atoms with Crippen molar-refractivity contribution in [2.45, 2.75) is 6.42 Å². The molecule has 0 unspecified atom stereocenters. The maximum Gasteiger partial charge on any atom is 0.168 e. The van der Waals surface area contributed by atoms with E-state index in [1.165, 1.54) is 6.26 Å². The van der Waals surface area contributed by atoms with E-state index in [0.29, 0.717) is 17.9 Å². The number of nitrogens with zero attached hydrogens (tertiary/aromatic N) is 1. The van der Waals surface area contributed by atoms with E-state index in [2.05, 4.69) is 12.6 Å². The van der Waals surface area contributed by atoms with Gasteiger partial charge in [-0.25, -0.2) is 0 Å². The van der Waals surface area contributed by atoms with Gasteiger partial charge >= 0.3 is 0 Å². The molecule has 0 aliphatic carbocycles. The average molecular weight is 189 g/mol. The van der Waals surface area contributed by atoms with Crippen molar-refractivity contribution in [3.8, 4) is 17.6 Å². The first-order valence-corrected chi connectivity index (χ1v) is 4.13. The van der Waals surface area contributed by atoms with Crippen molar-refractivity contribution in [2.24, 2.45) is 0 Å². The molecule has 0 N–H and O–H groups in total.